The summed E-state index contributed by atoms with van der Waals surface area (Å²) in [5.74, 6) is -2.00. The van der Waals surface area contributed by atoms with Crippen LogP contribution in [0.5, 0.6) is 5.75 Å². The molecule has 0 aromatic heterocycles. The fourth-order valence-electron chi connectivity index (χ4n) is 5.13. The van der Waals surface area contributed by atoms with E-state index in [4.69, 9.17) is 15.2 Å². The highest BCUT2D eigenvalue weighted by atomic mass is 16.7. The number of non-ortho nitro benzene ring substituents is 1. The average Bonchev–Trinajstić information content (AvgIpc) is 3.43. The van der Waals surface area contributed by atoms with Gasteiger partial charge in [-0.2, -0.15) is 0 Å². The third-order valence-corrected chi connectivity index (χ3v) is 8.01. The predicted molar refractivity (Wildman–Crippen MR) is 190 cm³/mol. The summed E-state index contributed by atoms with van der Waals surface area (Å²) in [4.78, 5) is 86.0. The van der Waals surface area contributed by atoms with E-state index in [9.17, 15) is 44.0 Å². The van der Waals surface area contributed by atoms with Gasteiger partial charge in [-0.3, -0.25) is 29.3 Å². The number of aliphatic hydroxyl groups excluding tert-OH is 1. The number of benzene rings is 2. The molecule has 18 heteroatoms. The number of amides is 6. The Kier molecular flexibility index (Phi) is 16.2. The summed E-state index contributed by atoms with van der Waals surface area (Å²) in [6, 6.07) is 8.46. The molecule has 0 saturated heterocycles. The molecule has 0 fully saturated rings. The molecule has 53 heavy (non-hydrogen) atoms. The summed E-state index contributed by atoms with van der Waals surface area (Å²) < 4.78 is 10.1. The van der Waals surface area contributed by atoms with Crippen LogP contribution in [0, 0.1) is 16.0 Å². The van der Waals surface area contributed by atoms with Crippen molar-refractivity contribution in [2.45, 2.75) is 77.3 Å². The van der Waals surface area contributed by atoms with Crippen LogP contribution in [0.4, 0.5) is 21.0 Å². The molecule has 1 aliphatic rings. The van der Waals surface area contributed by atoms with E-state index < -0.39 is 47.2 Å². The molecule has 6 amide bonds. The van der Waals surface area contributed by atoms with Gasteiger partial charge >= 0.3 is 12.2 Å². The van der Waals surface area contributed by atoms with Gasteiger partial charge in [0, 0.05) is 43.4 Å². The first kappa shape index (κ1) is 41.4. The summed E-state index contributed by atoms with van der Waals surface area (Å²) in [7, 11) is 0. The standard InChI is InChI=1S/C35H45N7O11/c1-22(2)31(40-28(43)8-4-3-5-20-41-29(44)17-18-30(41)45)33(47)39-27(7-6-19-37-34(36)48)32(46)38-24-11-9-23(10-12-24)21-52-35(49)53-26-15-13-25(14-16-26)42(50)51/h9-18,22,27,29,31,44H,3-8,19-21H2,1-2H3,(H,38,46)(H,39,47)(H,40,43)(H3,36,37,48)/t27-,29?,31-/m0/s1. The number of ether oxygens (including phenoxy) is 2. The number of aliphatic hydroxyl groups is 1. The smallest absolute Gasteiger partial charge is 0.429 e. The Labute approximate surface area is 305 Å². The van der Waals surface area contributed by atoms with Crippen molar-refractivity contribution in [2.75, 3.05) is 18.4 Å². The predicted octanol–water partition coefficient (Wildman–Crippen LogP) is 2.60. The van der Waals surface area contributed by atoms with E-state index in [2.05, 4.69) is 21.3 Å². The van der Waals surface area contributed by atoms with E-state index in [1.807, 2.05) is 0 Å². The van der Waals surface area contributed by atoms with Crippen molar-refractivity contribution in [1.29, 1.82) is 0 Å². The van der Waals surface area contributed by atoms with E-state index in [1.54, 1.807) is 38.1 Å². The van der Waals surface area contributed by atoms with Crippen molar-refractivity contribution in [1.82, 2.24) is 20.9 Å². The Morgan fingerprint density at radius 3 is 2.26 bits per heavy atom. The Bertz CT molecular complexity index is 1630. The van der Waals surface area contributed by atoms with E-state index in [0.29, 0.717) is 43.5 Å². The highest BCUT2D eigenvalue weighted by Crippen LogP contribution is 2.19. The fraction of sp³-hybridized carbons (Fsp3) is 0.429. The minimum absolute atomic E-state index is 0.0630. The maximum Gasteiger partial charge on any atom is 0.514 e. The van der Waals surface area contributed by atoms with E-state index in [1.165, 1.54) is 41.3 Å². The molecule has 7 N–H and O–H groups in total. The number of nitrogens with one attached hydrogen (secondary N) is 4. The molecule has 3 atom stereocenters. The number of primary amides is 1. The summed E-state index contributed by atoms with van der Waals surface area (Å²) >= 11 is 0. The molecular formula is C35H45N7O11. The zero-order valence-electron chi connectivity index (χ0n) is 29.4. The highest BCUT2D eigenvalue weighted by Gasteiger charge is 2.29. The van der Waals surface area contributed by atoms with Crippen LogP contribution in [-0.4, -0.2) is 82.1 Å². The highest BCUT2D eigenvalue weighted by molar-refractivity contribution is 5.98. The summed E-state index contributed by atoms with van der Waals surface area (Å²) in [5, 5.41) is 31.2. The van der Waals surface area contributed by atoms with Gasteiger partial charge in [-0.1, -0.05) is 32.4 Å². The number of carbonyl (C=O) groups is 6. The number of rotatable bonds is 20. The van der Waals surface area contributed by atoms with Gasteiger partial charge in [0.2, 0.25) is 23.6 Å². The number of hydrogen-bond donors (Lipinski definition) is 6. The first-order chi connectivity index (χ1) is 25.2. The average molecular weight is 740 g/mol. The summed E-state index contributed by atoms with van der Waals surface area (Å²) in [6.07, 6.45) is 3.02. The largest absolute Gasteiger partial charge is 0.514 e. The van der Waals surface area contributed by atoms with Crippen LogP contribution in [0.25, 0.3) is 0 Å². The van der Waals surface area contributed by atoms with Gasteiger partial charge in [0.25, 0.3) is 5.69 Å². The lowest BCUT2D eigenvalue weighted by atomic mass is 10.0. The molecule has 1 aliphatic heterocycles. The van der Waals surface area contributed by atoms with Crippen molar-refractivity contribution < 1.29 is 48.3 Å². The van der Waals surface area contributed by atoms with Crippen molar-refractivity contribution >= 4 is 47.2 Å². The lowest BCUT2D eigenvalue weighted by molar-refractivity contribution is -0.384. The van der Waals surface area contributed by atoms with Crippen LogP contribution in [0.15, 0.2) is 60.7 Å². The number of nitrogens with two attached hydrogens (primary N) is 1. The second-order valence-corrected chi connectivity index (χ2v) is 12.5. The van der Waals surface area contributed by atoms with E-state index in [0.717, 1.165) is 0 Å². The van der Waals surface area contributed by atoms with Gasteiger partial charge < -0.3 is 46.5 Å². The van der Waals surface area contributed by atoms with Gasteiger partial charge in [-0.05, 0) is 67.5 Å². The van der Waals surface area contributed by atoms with E-state index >= 15 is 0 Å². The van der Waals surface area contributed by atoms with Crippen molar-refractivity contribution in [2.24, 2.45) is 11.7 Å². The molecule has 286 valence electrons. The summed E-state index contributed by atoms with van der Waals surface area (Å²) in [6.45, 7) is 3.84. The zero-order chi connectivity index (χ0) is 38.9. The van der Waals surface area contributed by atoms with Crippen LogP contribution in [-0.2, 0) is 30.5 Å². The SMILES string of the molecule is CC(C)[C@H](NC(=O)CCCCCN1C(=O)C=CC1O)C(=O)N[C@@H](CCCNC(N)=O)C(=O)Nc1ccc(COC(=O)Oc2ccc([N+](=O)[O-])cc2)cc1. The van der Waals surface area contributed by atoms with Crippen LogP contribution >= 0.6 is 0 Å². The van der Waals surface area contributed by atoms with Crippen LogP contribution in [0.3, 0.4) is 0 Å². The number of unbranched alkanes of at least 4 members (excludes halogenated alkanes) is 2. The quantitative estimate of drug-likeness (QED) is 0.0378. The maximum atomic E-state index is 13.4. The molecule has 0 radical (unpaired) electrons. The second-order valence-electron chi connectivity index (χ2n) is 12.5. The number of urea groups is 1. The number of nitro groups is 1. The second kappa shape index (κ2) is 20.7. The molecule has 1 unspecified atom stereocenters. The zero-order valence-corrected chi connectivity index (χ0v) is 29.4. The molecule has 1 heterocycles. The molecule has 0 aliphatic carbocycles. The molecule has 3 rings (SSSR count). The normalized spacial score (nSPS) is 14.6. The Balaban J connectivity index is 1.52. The van der Waals surface area contributed by atoms with Crippen LogP contribution in [0.2, 0.25) is 0 Å². The van der Waals surface area contributed by atoms with Crippen LogP contribution in [0.1, 0.15) is 57.9 Å². The Morgan fingerprint density at radius 1 is 0.962 bits per heavy atom. The topological polar surface area (TPSA) is 262 Å². The van der Waals surface area contributed by atoms with Crippen molar-refractivity contribution in [3.8, 4) is 5.75 Å². The summed E-state index contributed by atoms with van der Waals surface area (Å²) in [5.41, 5.74) is 5.90. The molecule has 2 aromatic rings. The molecule has 2 aromatic carbocycles. The first-order valence-corrected chi connectivity index (χ1v) is 17.0. The number of carbonyl (C=O) groups excluding carboxylic acids is 6. The monoisotopic (exact) mass is 739 g/mol. The number of hydrogen-bond acceptors (Lipinski definition) is 11. The van der Waals surface area contributed by atoms with Gasteiger partial charge in [0.15, 0.2) is 0 Å². The Hall–Kier alpha value is -6.04. The number of nitro benzene ring substituents is 1. The fourth-order valence-corrected chi connectivity index (χ4v) is 5.13. The lowest BCUT2D eigenvalue weighted by Crippen LogP contribution is -2.54. The van der Waals surface area contributed by atoms with Crippen molar-refractivity contribution in [3.05, 3.63) is 76.4 Å². The molecule has 0 saturated carbocycles. The molecule has 0 bridgehead atoms. The molecule has 0 spiro atoms. The number of nitrogens with zero attached hydrogens (tertiary/aromatic N) is 2. The molecular weight excluding hydrogens is 694 g/mol. The van der Waals surface area contributed by atoms with Gasteiger partial charge in [-0.15, -0.1) is 0 Å². The minimum atomic E-state index is -1.05. The minimum Gasteiger partial charge on any atom is -0.429 e. The first-order valence-electron chi connectivity index (χ1n) is 17.0. The van der Waals surface area contributed by atoms with Crippen molar-refractivity contribution in [3.63, 3.8) is 0 Å². The Morgan fingerprint density at radius 2 is 1.66 bits per heavy atom. The third kappa shape index (κ3) is 14.2. The van der Waals surface area contributed by atoms with Gasteiger partial charge in [0.1, 0.15) is 30.7 Å². The van der Waals surface area contributed by atoms with E-state index in [-0.39, 0.29) is 55.2 Å². The molecule has 18 nitrogen and oxygen atoms in total. The van der Waals surface area contributed by atoms with Gasteiger partial charge in [-0.25, -0.2) is 9.59 Å². The third-order valence-electron chi connectivity index (χ3n) is 8.01. The lowest BCUT2D eigenvalue weighted by Gasteiger charge is -2.25. The van der Waals surface area contributed by atoms with Crippen LogP contribution < -0.4 is 31.7 Å². The van der Waals surface area contributed by atoms with Gasteiger partial charge in [0.05, 0.1) is 4.92 Å². The number of anilines is 1. The maximum absolute atomic E-state index is 13.4.